The van der Waals surface area contributed by atoms with Gasteiger partial charge in [-0.25, -0.2) is 0 Å². The SMILES string of the molecule is CC1(C)O[C@H]2[C@@H](O)C3(COC(C)(C)O3)OC[C@H]2O1.CC1(C)O[C@H]2[C@@H](O1)C1(O[C@@H]2CO)OC(C)(C)O1.COC(C)(C)C. The van der Waals surface area contributed by atoms with Crippen molar-refractivity contribution in [3.05, 3.63) is 0 Å². The molecular weight excluding hydrogens is 544 g/mol. The van der Waals surface area contributed by atoms with Gasteiger partial charge in [-0.05, 0) is 76.2 Å². The van der Waals surface area contributed by atoms with Crippen LogP contribution in [0.15, 0.2) is 0 Å². The zero-order valence-electron chi connectivity index (χ0n) is 26.5. The van der Waals surface area contributed by atoms with Gasteiger partial charge in [-0.15, -0.1) is 0 Å². The summed E-state index contributed by atoms with van der Waals surface area (Å²) >= 11 is 0. The molecule has 6 aliphatic rings. The monoisotopic (exact) mass is 594 g/mol. The second-order valence-electron chi connectivity index (χ2n) is 13.9. The van der Waals surface area contributed by atoms with E-state index >= 15 is 0 Å². The van der Waals surface area contributed by atoms with Crippen molar-refractivity contribution in [3.8, 4) is 0 Å². The Labute approximate surface area is 242 Å². The Kier molecular flexibility index (Phi) is 8.81. The molecule has 6 rings (SSSR count). The van der Waals surface area contributed by atoms with Crippen LogP contribution in [0, 0.1) is 0 Å². The smallest absolute Gasteiger partial charge is 0.319 e. The second-order valence-corrected chi connectivity index (χ2v) is 13.9. The maximum Gasteiger partial charge on any atom is 0.319 e. The third-order valence-electron chi connectivity index (χ3n) is 7.24. The first-order chi connectivity index (χ1) is 18.6. The quantitative estimate of drug-likeness (QED) is 0.458. The van der Waals surface area contributed by atoms with E-state index in [1.54, 1.807) is 34.8 Å². The van der Waals surface area contributed by atoms with E-state index in [0.717, 1.165) is 0 Å². The van der Waals surface area contributed by atoms with Crippen LogP contribution in [0.2, 0.25) is 0 Å². The summed E-state index contributed by atoms with van der Waals surface area (Å²) in [7, 11) is 1.71. The molecule has 0 amide bonds. The fourth-order valence-electron chi connectivity index (χ4n) is 5.46. The molecule has 2 spiro atoms. The van der Waals surface area contributed by atoms with Gasteiger partial charge in [0, 0.05) is 7.11 Å². The Hall–Kier alpha value is -0.520. The van der Waals surface area contributed by atoms with E-state index < -0.39 is 59.3 Å². The van der Waals surface area contributed by atoms with Crippen molar-refractivity contribution in [2.75, 3.05) is 26.9 Å². The minimum atomic E-state index is -1.23. The van der Waals surface area contributed by atoms with Gasteiger partial charge in [0.2, 0.25) is 5.79 Å². The number of aliphatic hydroxyl groups is 2. The van der Waals surface area contributed by atoms with Gasteiger partial charge in [0.25, 0.3) is 0 Å². The fraction of sp³-hybridized carbons (Fsp3) is 1.00. The second kappa shape index (κ2) is 10.8. The summed E-state index contributed by atoms with van der Waals surface area (Å²) in [6.45, 7) is 20.9. The zero-order chi connectivity index (χ0) is 30.9. The van der Waals surface area contributed by atoms with E-state index in [9.17, 15) is 10.2 Å². The van der Waals surface area contributed by atoms with Crippen molar-refractivity contribution in [1.82, 2.24) is 0 Å². The molecule has 1 unspecified atom stereocenters. The molecule has 0 aromatic rings. The average Bonchev–Trinajstić information content (AvgIpc) is 3.49. The molecule has 0 saturated carbocycles. The fourth-order valence-corrected chi connectivity index (χ4v) is 5.46. The van der Waals surface area contributed by atoms with Crippen LogP contribution in [-0.4, -0.2) is 114 Å². The van der Waals surface area contributed by atoms with Crippen LogP contribution in [0.5, 0.6) is 0 Å². The highest BCUT2D eigenvalue weighted by Crippen LogP contribution is 2.53. The summed E-state index contributed by atoms with van der Waals surface area (Å²) in [4.78, 5) is 0. The van der Waals surface area contributed by atoms with E-state index in [4.69, 9.17) is 52.1 Å². The first-order valence-corrected chi connectivity index (χ1v) is 14.2. The van der Waals surface area contributed by atoms with Crippen LogP contribution < -0.4 is 0 Å². The van der Waals surface area contributed by atoms with Crippen molar-refractivity contribution >= 4 is 0 Å². The Morgan fingerprint density at radius 2 is 1.29 bits per heavy atom. The van der Waals surface area contributed by atoms with Crippen LogP contribution in [0.1, 0.15) is 76.2 Å². The van der Waals surface area contributed by atoms with Gasteiger partial charge in [0.15, 0.2) is 29.3 Å². The molecule has 7 atom stereocenters. The molecule has 13 nitrogen and oxygen atoms in total. The minimum absolute atomic E-state index is 0.0417. The Balaban J connectivity index is 0.000000159. The van der Waals surface area contributed by atoms with E-state index in [1.165, 1.54) is 0 Å². The molecular formula is C28H50O13. The maximum absolute atomic E-state index is 10.5. The van der Waals surface area contributed by atoms with Crippen LogP contribution in [0.4, 0.5) is 0 Å². The van der Waals surface area contributed by atoms with Gasteiger partial charge in [0.05, 0.1) is 18.8 Å². The summed E-state index contributed by atoms with van der Waals surface area (Å²) in [5.41, 5.74) is 0.0417. The first-order valence-electron chi connectivity index (χ1n) is 14.2. The zero-order valence-corrected chi connectivity index (χ0v) is 26.5. The number of hydrogen-bond acceptors (Lipinski definition) is 13. The molecule has 0 bridgehead atoms. The van der Waals surface area contributed by atoms with E-state index in [0.29, 0.717) is 6.61 Å². The Morgan fingerprint density at radius 3 is 1.78 bits per heavy atom. The molecule has 6 saturated heterocycles. The summed E-state index contributed by atoms with van der Waals surface area (Å²) in [5, 5.41) is 19.8. The molecule has 0 aromatic carbocycles. The highest BCUT2D eigenvalue weighted by molar-refractivity contribution is 5.03. The molecule has 6 aliphatic heterocycles. The van der Waals surface area contributed by atoms with Crippen molar-refractivity contribution in [1.29, 1.82) is 0 Å². The minimum Gasteiger partial charge on any atom is -0.394 e. The van der Waals surface area contributed by atoms with Gasteiger partial charge in [-0.3, -0.25) is 9.47 Å². The van der Waals surface area contributed by atoms with Crippen LogP contribution in [0.3, 0.4) is 0 Å². The lowest BCUT2D eigenvalue weighted by molar-refractivity contribution is -0.586. The van der Waals surface area contributed by atoms with Gasteiger partial charge >= 0.3 is 5.97 Å². The average molecular weight is 595 g/mol. The van der Waals surface area contributed by atoms with Gasteiger partial charge in [-0.1, -0.05) is 0 Å². The summed E-state index contributed by atoms with van der Waals surface area (Å²) in [5.74, 6) is -5.25. The molecule has 6 fully saturated rings. The van der Waals surface area contributed by atoms with Gasteiger partial charge in [0.1, 0.15) is 37.1 Å². The third kappa shape index (κ3) is 7.08. The third-order valence-corrected chi connectivity index (χ3v) is 7.24. The summed E-state index contributed by atoms with van der Waals surface area (Å²) < 4.78 is 61.6. The topological polar surface area (TPSA) is 142 Å². The summed E-state index contributed by atoms with van der Waals surface area (Å²) in [6, 6.07) is 0. The molecule has 0 radical (unpaired) electrons. The van der Waals surface area contributed by atoms with Crippen LogP contribution in [0.25, 0.3) is 0 Å². The molecule has 0 aromatic heterocycles. The number of hydrogen-bond donors (Lipinski definition) is 2. The molecule has 0 aliphatic carbocycles. The number of rotatable bonds is 1. The van der Waals surface area contributed by atoms with E-state index in [2.05, 4.69) is 0 Å². The molecule has 13 heteroatoms. The molecule has 41 heavy (non-hydrogen) atoms. The lowest BCUT2D eigenvalue weighted by Gasteiger charge is -2.51. The standard InChI is InChI=1S/C12H20O6.C11H18O6.C5H12O/c1-10(2)15-6-12(18-10)9(13)8-7(5-14-12)16-11(3,4)17-8;1-9(2)14-7-6(5-12)13-11(8(7)15-9)16-10(3,4)17-11;1-5(2,3)6-4/h7-9,13H,5-6H2,1-4H3;6-8,12H,5H2,1-4H3;1-4H3/t7-,8-,9-,12?;6-,7-,8-;/m11./s1. The van der Waals surface area contributed by atoms with Crippen molar-refractivity contribution in [2.45, 2.75) is 153 Å². The lowest BCUT2D eigenvalue weighted by Crippen LogP contribution is -2.65. The Bertz CT molecular complexity index is 918. The normalized spacial score (nSPS) is 42.0. The summed E-state index contributed by atoms with van der Waals surface area (Å²) in [6.07, 6.45) is -2.98. The first kappa shape index (κ1) is 33.4. The van der Waals surface area contributed by atoms with Crippen molar-refractivity contribution in [3.63, 3.8) is 0 Å². The predicted octanol–water partition coefficient (Wildman–Crippen LogP) is 2.14. The maximum atomic E-state index is 10.5. The molecule has 2 N–H and O–H groups in total. The predicted molar refractivity (Wildman–Crippen MR) is 141 cm³/mol. The highest BCUT2D eigenvalue weighted by atomic mass is 17.0. The van der Waals surface area contributed by atoms with Crippen LogP contribution in [-0.2, 0) is 52.1 Å². The van der Waals surface area contributed by atoms with E-state index in [-0.39, 0.29) is 31.0 Å². The Morgan fingerprint density at radius 1 is 0.732 bits per heavy atom. The highest BCUT2D eigenvalue weighted by Gasteiger charge is 2.72. The van der Waals surface area contributed by atoms with Crippen LogP contribution >= 0.6 is 0 Å². The van der Waals surface area contributed by atoms with Gasteiger partial charge < -0.3 is 52.8 Å². The largest absolute Gasteiger partial charge is 0.394 e. The van der Waals surface area contributed by atoms with Crippen molar-refractivity contribution < 1.29 is 62.3 Å². The number of ether oxygens (including phenoxy) is 11. The number of fused-ring (bicyclic) bond motifs is 3. The van der Waals surface area contributed by atoms with Crippen molar-refractivity contribution in [2.24, 2.45) is 0 Å². The van der Waals surface area contributed by atoms with E-state index in [1.807, 2.05) is 48.5 Å². The van der Waals surface area contributed by atoms with Gasteiger partial charge in [-0.2, -0.15) is 0 Å². The molecule has 240 valence electrons. The number of aliphatic hydroxyl groups excluding tert-OH is 2. The molecule has 6 heterocycles. The lowest BCUT2D eigenvalue weighted by atomic mass is 9.97. The number of methoxy groups -OCH3 is 1.